The first-order chi connectivity index (χ1) is 8.19. The van der Waals surface area contributed by atoms with Crippen molar-refractivity contribution in [2.24, 2.45) is 0 Å². The number of hydrogen-bond donors (Lipinski definition) is 1. The van der Waals surface area contributed by atoms with E-state index >= 15 is 0 Å². The first-order valence-corrected chi connectivity index (χ1v) is 7.47. The van der Waals surface area contributed by atoms with Gasteiger partial charge in [-0.25, -0.2) is 0 Å². The molecule has 0 saturated carbocycles. The topological polar surface area (TPSA) is 21.3 Å². The van der Waals surface area contributed by atoms with Gasteiger partial charge in [0.2, 0.25) is 0 Å². The third-order valence-corrected chi connectivity index (χ3v) is 4.13. The van der Waals surface area contributed by atoms with Crippen LogP contribution in [-0.4, -0.2) is 30.7 Å². The molecule has 0 saturated heterocycles. The molecule has 0 spiro atoms. The van der Waals surface area contributed by atoms with E-state index in [2.05, 4.69) is 43.6 Å². The molecule has 1 aliphatic heterocycles. The molecule has 1 N–H and O–H groups in total. The fraction of sp³-hybridized carbons (Fsp3) is 0.571. The zero-order chi connectivity index (χ0) is 12.3. The molecule has 2 rings (SSSR count). The van der Waals surface area contributed by atoms with E-state index in [1.165, 1.54) is 11.1 Å². The summed E-state index contributed by atoms with van der Waals surface area (Å²) < 4.78 is 5.91. The fourth-order valence-corrected chi connectivity index (χ4v) is 2.38. The summed E-state index contributed by atoms with van der Waals surface area (Å²) in [6.45, 7) is 6.37. The molecule has 94 valence electrons. The summed E-state index contributed by atoms with van der Waals surface area (Å²) in [6.07, 6.45) is 3.50. The third-order valence-electron chi connectivity index (χ3n) is 3.16. The fourth-order valence-electron chi connectivity index (χ4n) is 2.09. The second kappa shape index (κ2) is 5.78. The average Bonchev–Trinajstić information content (AvgIpc) is 2.70. The van der Waals surface area contributed by atoms with Crippen molar-refractivity contribution in [3.05, 3.63) is 29.3 Å². The monoisotopic (exact) mass is 251 g/mol. The van der Waals surface area contributed by atoms with E-state index in [1.807, 2.05) is 11.8 Å². The normalized spacial score (nSPS) is 19.8. The van der Waals surface area contributed by atoms with E-state index in [0.29, 0.717) is 11.4 Å². The second-order valence-corrected chi connectivity index (χ2v) is 6.04. The molecule has 1 heterocycles. The Balaban J connectivity index is 1.80. The highest BCUT2D eigenvalue weighted by Gasteiger charge is 2.22. The number of nitrogens with one attached hydrogen (secondary N) is 1. The number of fused-ring (bicyclic) bond motifs is 1. The first kappa shape index (κ1) is 12.8. The molecule has 3 heteroatoms. The molecule has 2 atom stereocenters. The van der Waals surface area contributed by atoms with Gasteiger partial charge in [0.15, 0.2) is 0 Å². The van der Waals surface area contributed by atoms with Crippen LogP contribution in [-0.2, 0) is 6.42 Å². The minimum Gasteiger partial charge on any atom is -0.488 e. The van der Waals surface area contributed by atoms with Gasteiger partial charge in [0, 0.05) is 24.8 Å². The second-order valence-electron chi connectivity index (χ2n) is 4.76. The van der Waals surface area contributed by atoms with Crippen LogP contribution in [0.4, 0.5) is 0 Å². The van der Waals surface area contributed by atoms with Crippen molar-refractivity contribution < 1.29 is 4.74 Å². The quantitative estimate of drug-likeness (QED) is 0.869. The van der Waals surface area contributed by atoms with Gasteiger partial charge in [0.1, 0.15) is 11.9 Å². The van der Waals surface area contributed by atoms with Crippen molar-refractivity contribution in [1.29, 1.82) is 0 Å². The van der Waals surface area contributed by atoms with Crippen LogP contribution in [0.3, 0.4) is 0 Å². The van der Waals surface area contributed by atoms with Crippen molar-refractivity contribution in [2.75, 3.05) is 19.3 Å². The van der Waals surface area contributed by atoms with Crippen molar-refractivity contribution in [3.8, 4) is 5.75 Å². The largest absolute Gasteiger partial charge is 0.488 e. The van der Waals surface area contributed by atoms with E-state index in [-0.39, 0.29) is 0 Å². The molecule has 0 amide bonds. The van der Waals surface area contributed by atoms with E-state index in [0.717, 1.165) is 25.3 Å². The lowest BCUT2D eigenvalue weighted by Gasteiger charge is -2.14. The molecule has 0 bridgehead atoms. The summed E-state index contributed by atoms with van der Waals surface area (Å²) in [4.78, 5) is 0. The molecule has 1 aromatic carbocycles. The molecule has 0 radical (unpaired) electrons. The third kappa shape index (κ3) is 3.39. The van der Waals surface area contributed by atoms with Crippen LogP contribution in [0.2, 0.25) is 0 Å². The zero-order valence-corrected chi connectivity index (χ0v) is 11.6. The van der Waals surface area contributed by atoms with Crippen molar-refractivity contribution in [2.45, 2.75) is 31.6 Å². The summed E-state index contributed by atoms with van der Waals surface area (Å²) in [5.74, 6) is 1.07. The van der Waals surface area contributed by atoms with E-state index < -0.39 is 0 Å². The number of aryl methyl sites for hydroxylation is 1. The Morgan fingerprint density at radius 1 is 1.53 bits per heavy atom. The highest BCUT2D eigenvalue weighted by Crippen LogP contribution is 2.29. The van der Waals surface area contributed by atoms with Crippen molar-refractivity contribution in [3.63, 3.8) is 0 Å². The summed E-state index contributed by atoms with van der Waals surface area (Å²) in [7, 11) is 0. The van der Waals surface area contributed by atoms with Gasteiger partial charge in [-0.15, -0.1) is 0 Å². The minimum atomic E-state index is 0.306. The standard InChI is InChI=1S/C14H21NOS/c1-10-4-5-14-12(6-10)7-13(16-14)9-15-8-11(2)17-3/h4-6,11,13,15H,7-9H2,1-3H3. The zero-order valence-electron chi connectivity index (χ0n) is 10.8. The van der Waals surface area contributed by atoms with Crippen LogP contribution in [0.1, 0.15) is 18.1 Å². The van der Waals surface area contributed by atoms with Crippen molar-refractivity contribution in [1.82, 2.24) is 5.32 Å². The summed E-state index contributed by atoms with van der Waals surface area (Å²) in [5, 5.41) is 4.15. The van der Waals surface area contributed by atoms with E-state index in [9.17, 15) is 0 Å². The van der Waals surface area contributed by atoms with Gasteiger partial charge < -0.3 is 10.1 Å². The number of rotatable bonds is 5. The number of ether oxygens (including phenoxy) is 1. The number of benzene rings is 1. The van der Waals surface area contributed by atoms with Crippen LogP contribution in [0.15, 0.2) is 18.2 Å². The molecular formula is C14H21NOS. The highest BCUT2D eigenvalue weighted by molar-refractivity contribution is 7.99. The van der Waals surface area contributed by atoms with Crippen LogP contribution < -0.4 is 10.1 Å². The number of hydrogen-bond acceptors (Lipinski definition) is 3. The van der Waals surface area contributed by atoms with Gasteiger partial charge in [-0.2, -0.15) is 11.8 Å². The van der Waals surface area contributed by atoms with Gasteiger partial charge >= 0.3 is 0 Å². The molecule has 17 heavy (non-hydrogen) atoms. The van der Waals surface area contributed by atoms with Gasteiger partial charge in [0.25, 0.3) is 0 Å². The van der Waals surface area contributed by atoms with Crippen molar-refractivity contribution >= 4 is 11.8 Å². The van der Waals surface area contributed by atoms with Crippen LogP contribution in [0.5, 0.6) is 5.75 Å². The molecule has 2 nitrogen and oxygen atoms in total. The molecule has 0 aromatic heterocycles. The Morgan fingerprint density at radius 2 is 2.35 bits per heavy atom. The molecule has 1 aliphatic rings. The van der Waals surface area contributed by atoms with Crippen LogP contribution in [0, 0.1) is 6.92 Å². The Labute approximate surface area is 108 Å². The SMILES string of the molecule is CSC(C)CNCC1Cc2cc(C)ccc2O1. The van der Waals surface area contributed by atoms with E-state index in [4.69, 9.17) is 4.74 Å². The Morgan fingerprint density at radius 3 is 3.12 bits per heavy atom. The van der Waals surface area contributed by atoms with Gasteiger partial charge in [0.05, 0.1) is 0 Å². The lowest BCUT2D eigenvalue weighted by Crippen LogP contribution is -2.33. The van der Waals surface area contributed by atoms with Crippen LogP contribution in [0.25, 0.3) is 0 Å². The highest BCUT2D eigenvalue weighted by atomic mass is 32.2. The number of thioether (sulfide) groups is 1. The molecule has 0 aliphatic carbocycles. The summed E-state index contributed by atoms with van der Waals surface area (Å²) in [6, 6.07) is 6.44. The lowest BCUT2D eigenvalue weighted by atomic mass is 10.1. The minimum absolute atomic E-state index is 0.306. The molecule has 2 unspecified atom stereocenters. The molecule has 0 fully saturated rings. The van der Waals surface area contributed by atoms with Gasteiger partial charge in [-0.3, -0.25) is 0 Å². The first-order valence-electron chi connectivity index (χ1n) is 6.18. The van der Waals surface area contributed by atoms with Crippen LogP contribution >= 0.6 is 11.8 Å². The summed E-state index contributed by atoms with van der Waals surface area (Å²) >= 11 is 1.89. The maximum Gasteiger partial charge on any atom is 0.123 e. The predicted octanol–water partition coefficient (Wildman–Crippen LogP) is 2.64. The molecular weight excluding hydrogens is 230 g/mol. The Bertz CT molecular complexity index is 380. The summed E-state index contributed by atoms with van der Waals surface area (Å²) in [5.41, 5.74) is 2.67. The smallest absolute Gasteiger partial charge is 0.123 e. The average molecular weight is 251 g/mol. The molecule has 1 aromatic rings. The maximum atomic E-state index is 5.91. The van der Waals surface area contributed by atoms with Gasteiger partial charge in [-0.1, -0.05) is 24.6 Å². The maximum absolute atomic E-state index is 5.91. The van der Waals surface area contributed by atoms with E-state index in [1.54, 1.807) is 0 Å². The predicted molar refractivity (Wildman–Crippen MR) is 75.1 cm³/mol. The Hall–Kier alpha value is -0.670. The Kier molecular flexibility index (Phi) is 4.35. The lowest BCUT2D eigenvalue weighted by molar-refractivity contribution is 0.228. The van der Waals surface area contributed by atoms with Gasteiger partial charge in [-0.05, 0) is 24.8 Å².